The van der Waals surface area contributed by atoms with E-state index in [1.165, 1.54) is 23.7 Å². The van der Waals surface area contributed by atoms with Crippen molar-refractivity contribution < 1.29 is 9.59 Å². The number of imide groups is 1. The number of carbonyl (C=O) groups is 2. The Morgan fingerprint density at radius 2 is 2.31 bits per heavy atom. The highest BCUT2D eigenvalue weighted by Crippen LogP contribution is 2.24. The lowest BCUT2D eigenvalue weighted by Gasteiger charge is -2.09. The predicted molar refractivity (Wildman–Crippen MR) is 52.3 cm³/mol. The number of hydrogen-bond acceptors (Lipinski definition) is 4. The lowest BCUT2D eigenvalue weighted by Crippen LogP contribution is -2.27. The van der Waals surface area contributed by atoms with Crippen LogP contribution >= 0.6 is 11.8 Å². The molecule has 2 unspecified atom stereocenters. The van der Waals surface area contributed by atoms with E-state index in [0.717, 1.165) is 5.75 Å². The van der Waals surface area contributed by atoms with Gasteiger partial charge in [-0.2, -0.15) is 0 Å². The van der Waals surface area contributed by atoms with E-state index in [0.29, 0.717) is 6.42 Å². The summed E-state index contributed by atoms with van der Waals surface area (Å²) in [6.07, 6.45) is 0.326. The number of amides is 2. The summed E-state index contributed by atoms with van der Waals surface area (Å²) in [7, 11) is 1.52. The molecule has 4 nitrogen and oxygen atoms in total. The van der Waals surface area contributed by atoms with Gasteiger partial charge in [0, 0.05) is 25.3 Å². The summed E-state index contributed by atoms with van der Waals surface area (Å²) in [5.74, 6) is 0.542. The van der Waals surface area contributed by atoms with E-state index in [1.54, 1.807) is 0 Å². The molecule has 1 aliphatic rings. The first kappa shape index (κ1) is 10.5. The number of nitrogens with zero attached hydrogens (tertiary/aromatic N) is 1. The van der Waals surface area contributed by atoms with Gasteiger partial charge in [0.2, 0.25) is 11.8 Å². The summed E-state index contributed by atoms with van der Waals surface area (Å²) in [5.41, 5.74) is 5.55. The van der Waals surface area contributed by atoms with Crippen LogP contribution in [0.2, 0.25) is 0 Å². The number of thioether (sulfide) groups is 1. The highest BCUT2D eigenvalue weighted by Gasteiger charge is 2.36. The molecule has 0 radical (unpaired) electrons. The number of nitrogens with two attached hydrogens (primary N) is 1. The summed E-state index contributed by atoms with van der Waals surface area (Å²) in [6.45, 7) is 1.89. The first-order chi connectivity index (χ1) is 6.02. The summed E-state index contributed by atoms with van der Waals surface area (Å²) >= 11 is 1.47. The molecule has 1 rings (SSSR count). The fourth-order valence-electron chi connectivity index (χ4n) is 1.12. The summed E-state index contributed by atoms with van der Waals surface area (Å²) in [4.78, 5) is 23.7. The van der Waals surface area contributed by atoms with E-state index in [9.17, 15) is 9.59 Å². The zero-order valence-electron chi connectivity index (χ0n) is 7.82. The molecular formula is C8H14N2O2S. The molecule has 74 valence electrons. The molecule has 1 aliphatic heterocycles. The topological polar surface area (TPSA) is 63.4 Å². The molecule has 1 fully saturated rings. The van der Waals surface area contributed by atoms with Crippen LogP contribution in [0.25, 0.3) is 0 Å². The van der Waals surface area contributed by atoms with Crippen molar-refractivity contribution in [2.45, 2.75) is 24.6 Å². The largest absolute Gasteiger partial charge is 0.327 e. The van der Waals surface area contributed by atoms with Gasteiger partial charge in [0.15, 0.2) is 0 Å². The molecule has 0 aromatic carbocycles. The average molecular weight is 202 g/mol. The van der Waals surface area contributed by atoms with Crippen LogP contribution < -0.4 is 5.73 Å². The van der Waals surface area contributed by atoms with Crippen LogP contribution in [-0.2, 0) is 9.59 Å². The molecule has 5 heteroatoms. The van der Waals surface area contributed by atoms with Crippen molar-refractivity contribution >= 4 is 23.6 Å². The predicted octanol–water partition coefficient (Wildman–Crippen LogP) is -0.176. The second kappa shape index (κ2) is 4.11. The van der Waals surface area contributed by atoms with Gasteiger partial charge in [-0.15, -0.1) is 11.8 Å². The minimum atomic E-state index is -0.205. The minimum absolute atomic E-state index is 0.0683. The molecule has 0 spiro atoms. The summed E-state index contributed by atoms with van der Waals surface area (Å²) in [5, 5.41) is -0.205. The lowest BCUT2D eigenvalue weighted by atomic mass is 10.3. The molecule has 0 saturated carbocycles. The first-order valence-corrected chi connectivity index (χ1v) is 5.25. The Bertz CT molecular complexity index is 230. The Balaban J connectivity index is 2.45. The third-order valence-corrected chi connectivity index (χ3v) is 3.39. The quantitative estimate of drug-likeness (QED) is 0.645. The maximum absolute atomic E-state index is 11.4. The number of hydrogen-bond donors (Lipinski definition) is 1. The maximum Gasteiger partial charge on any atom is 0.242 e. The second-order valence-electron chi connectivity index (χ2n) is 3.29. The van der Waals surface area contributed by atoms with Crippen LogP contribution in [0.4, 0.5) is 0 Å². The van der Waals surface area contributed by atoms with E-state index in [-0.39, 0.29) is 23.1 Å². The number of likely N-dealkylation sites (tertiary alicyclic amines) is 1. The van der Waals surface area contributed by atoms with Gasteiger partial charge in [0.05, 0.1) is 5.25 Å². The van der Waals surface area contributed by atoms with Gasteiger partial charge in [-0.3, -0.25) is 14.5 Å². The van der Waals surface area contributed by atoms with Crippen LogP contribution in [0.3, 0.4) is 0 Å². The molecular weight excluding hydrogens is 188 g/mol. The standard InChI is InChI=1S/C8H14N2O2S/c1-5(9)4-13-6-3-7(11)10(2)8(6)12/h5-6H,3-4,9H2,1-2H3. The van der Waals surface area contributed by atoms with Gasteiger partial charge < -0.3 is 5.73 Å². The second-order valence-corrected chi connectivity index (χ2v) is 4.53. The van der Waals surface area contributed by atoms with Crippen LogP contribution in [0.5, 0.6) is 0 Å². The SMILES string of the molecule is CC(N)CSC1CC(=O)N(C)C1=O. The normalized spacial score (nSPS) is 25.5. The van der Waals surface area contributed by atoms with Crippen LogP contribution in [0, 0.1) is 0 Å². The molecule has 2 N–H and O–H groups in total. The van der Waals surface area contributed by atoms with Gasteiger partial charge in [0.1, 0.15) is 0 Å². The molecule has 0 aromatic heterocycles. The van der Waals surface area contributed by atoms with Crippen molar-refractivity contribution in [2.24, 2.45) is 5.73 Å². The molecule has 0 bridgehead atoms. The van der Waals surface area contributed by atoms with Crippen molar-refractivity contribution in [3.8, 4) is 0 Å². The van der Waals surface area contributed by atoms with Crippen molar-refractivity contribution in [2.75, 3.05) is 12.8 Å². The van der Waals surface area contributed by atoms with E-state index >= 15 is 0 Å². The van der Waals surface area contributed by atoms with Crippen molar-refractivity contribution in [1.82, 2.24) is 4.90 Å². The zero-order valence-corrected chi connectivity index (χ0v) is 8.63. The molecule has 13 heavy (non-hydrogen) atoms. The van der Waals surface area contributed by atoms with E-state index in [4.69, 9.17) is 5.73 Å². The first-order valence-electron chi connectivity index (χ1n) is 4.20. The van der Waals surface area contributed by atoms with Crippen molar-refractivity contribution in [3.05, 3.63) is 0 Å². The average Bonchev–Trinajstić information content (AvgIpc) is 2.29. The summed E-state index contributed by atoms with van der Waals surface area (Å²) < 4.78 is 0. The molecule has 2 amide bonds. The fraction of sp³-hybridized carbons (Fsp3) is 0.750. The lowest BCUT2D eigenvalue weighted by molar-refractivity contribution is -0.136. The highest BCUT2D eigenvalue weighted by atomic mass is 32.2. The Hall–Kier alpha value is -0.550. The van der Waals surface area contributed by atoms with Gasteiger partial charge >= 0.3 is 0 Å². The van der Waals surface area contributed by atoms with Crippen molar-refractivity contribution in [3.63, 3.8) is 0 Å². The van der Waals surface area contributed by atoms with E-state index in [1.807, 2.05) is 6.92 Å². The maximum atomic E-state index is 11.4. The van der Waals surface area contributed by atoms with E-state index < -0.39 is 0 Å². The van der Waals surface area contributed by atoms with Crippen LogP contribution in [0.15, 0.2) is 0 Å². The smallest absolute Gasteiger partial charge is 0.242 e. The molecule has 1 saturated heterocycles. The Kier molecular flexibility index (Phi) is 3.33. The molecule has 0 aromatic rings. The Morgan fingerprint density at radius 3 is 2.69 bits per heavy atom. The fourth-order valence-corrected chi connectivity index (χ4v) is 2.22. The monoisotopic (exact) mass is 202 g/mol. The van der Waals surface area contributed by atoms with Gasteiger partial charge in [-0.25, -0.2) is 0 Å². The third-order valence-electron chi connectivity index (χ3n) is 1.90. The zero-order chi connectivity index (χ0) is 10.0. The minimum Gasteiger partial charge on any atom is -0.327 e. The van der Waals surface area contributed by atoms with Crippen LogP contribution in [0.1, 0.15) is 13.3 Å². The van der Waals surface area contributed by atoms with E-state index in [2.05, 4.69) is 0 Å². The number of carbonyl (C=O) groups excluding carboxylic acids is 2. The number of rotatable bonds is 3. The third kappa shape index (κ3) is 2.45. The van der Waals surface area contributed by atoms with Gasteiger partial charge in [-0.05, 0) is 6.92 Å². The highest BCUT2D eigenvalue weighted by molar-refractivity contribution is 8.00. The summed E-state index contributed by atoms with van der Waals surface area (Å²) in [6, 6.07) is 0.0683. The Labute approximate surface area is 81.8 Å². The molecule has 1 heterocycles. The molecule has 2 atom stereocenters. The molecule has 0 aliphatic carbocycles. The van der Waals surface area contributed by atoms with Gasteiger partial charge in [0.25, 0.3) is 0 Å². The Morgan fingerprint density at radius 1 is 1.69 bits per heavy atom. The van der Waals surface area contributed by atoms with Gasteiger partial charge in [-0.1, -0.05) is 0 Å². The van der Waals surface area contributed by atoms with Crippen LogP contribution in [-0.4, -0.2) is 40.8 Å². The van der Waals surface area contributed by atoms with Crippen molar-refractivity contribution in [1.29, 1.82) is 0 Å².